The van der Waals surface area contributed by atoms with E-state index in [0.717, 1.165) is 0 Å². The number of rotatable bonds is 4. The zero-order valence-electron chi connectivity index (χ0n) is 33.4. The van der Waals surface area contributed by atoms with Gasteiger partial charge in [-0.15, -0.1) is 0 Å². The fourth-order valence-electron chi connectivity index (χ4n) is 8.33. The second kappa shape index (κ2) is 13.1. The summed E-state index contributed by atoms with van der Waals surface area (Å²) in [5.74, 6) is 0. The van der Waals surface area contributed by atoms with Gasteiger partial charge in [0.25, 0.3) is 0 Å². The van der Waals surface area contributed by atoms with Crippen molar-refractivity contribution in [2.24, 2.45) is 0 Å². The molecule has 0 aromatic heterocycles. The Morgan fingerprint density at radius 3 is 0.926 bits per heavy atom. The van der Waals surface area contributed by atoms with Crippen LogP contribution in [0.25, 0.3) is 76.8 Å². The molecule has 54 heavy (non-hydrogen) atoms. The van der Waals surface area contributed by atoms with Gasteiger partial charge >= 0.3 is 0 Å². The Labute approximate surface area is 322 Å². The van der Waals surface area contributed by atoms with E-state index in [1.807, 2.05) is 0 Å². The molecule has 0 aliphatic heterocycles. The highest BCUT2D eigenvalue weighted by Crippen LogP contribution is 2.54. The third kappa shape index (κ3) is 6.22. The van der Waals surface area contributed by atoms with Crippen molar-refractivity contribution >= 4 is 32.3 Å². The molecule has 0 heteroatoms. The molecule has 0 amide bonds. The Hall–Kier alpha value is -5.46. The molecular weight excluding hydrogens is 649 g/mol. The second-order valence-corrected chi connectivity index (χ2v) is 18.2. The summed E-state index contributed by atoms with van der Waals surface area (Å²) in [4.78, 5) is 0. The van der Waals surface area contributed by atoms with Crippen LogP contribution in [0.2, 0.25) is 0 Å². The Morgan fingerprint density at radius 2 is 0.556 bits per heavy atom. The third-order valence-electron chi connectivity index (χ3n) is 11.3. The summed E-state index contributed by atoms with van der Waals surface area (Å²) >= 11 is 0. The van der Waals surface area contributed by atoms with Crippen LogP contribution in [0, 0.1) is 0 Å². The van der Waals surface area contributed by atoms with Crippen molar-refractivity contribution < 1.29 is 0 Å². The van der Waals surface area contributed by atoms with E-state index in [2.05, 4.69) is 214 Å². The number of hydrogen-bond donors (Lipinski definition) is 0. The molecule has 0 bridgehead atoms. The zero-order chi connectivity index (χ0) is 38.0. The van der Waals surface area contributed by atoms with Crippen molar-refractivity contribution in [1.29, 1.82) is 0 Å². The van der Waals surface area contributed by atoms with Crippen molar-refractivity contribution in [3.05, 3.63) is 168 Å². The van der Waals surface area contributed by atoms with E-state index in [1.54, 1.807) is 0 Å². The summed E-state index contributed by atoms with van der Waals surface area (Å²) in [6.07, 6.45) is 0. The average molecular weight is 701 g/mol. The molecule has 0 spiro atoms. The minimum atomic E-state index is -0.0188. The van der Waals surface area contributed by atoms with Gasteiger partial charge in [0.15, 0.2) is 0 Å². The molecule has 0 saturated carbocycles. The maximum atomic E-state index is 2.50. The Balaban J connectivity index is 1.70. The first kappa shape index (κ1) is 35.6. The van der Waals surface area contributed by atoms with E-state index in [4.69, 9.17) is 0 Å². The van der Waals surface area contributed by atoms with Gasteiger partial charge in [-0.3, -0.25) is 0 Å². The number of fused-ring (bicyclic) bond motifs is 3. The average Bonchev–Trinajstić information content (AvgIpc) is 3.15. The lowest BCUT2D eigenvalue weighted by Gasteiger charge is -2.27. The van der Waals surface area contributed by atoms with Crippen molar-refractivity contribution in [3.8, 4) is 44.5 Å². The lowest BCUT2D eigenvalue weighted by atomic mass is 9.76. The Morgan fingerprint density at radius 1 is 0.259 bits per heavy atom. The molecule has 0 atom stereocenters. The molecule has 8 aromatic rings. The maximum Gasteiger partial charge on any atom is -0.000139 e. The molecule has 0 heterocycles. The third-order valence-corrected chi connectivity index (χ3v) is 11.3. The highest BCUT2D eigenvalue weighted by Gasteiger charge is 2.27. The first-order valence-electron chi connectivity index (χ1n) is 19.5. The minimum Gasteiger partial charge on any atom is -0.0622 e. The van der Waals surface area contributed by atoms with Crippen molar-refractivity contribution in [2.75, 3.05) is 0 Å². The second-order valence-electron chi connectivity index (χ2n) is 18.2. The van der Waals surface area contributed by atoms with Crippen LogP contribution in [-0.4, -0.2) is 0 Å². The molecule has 8 rings (SSSR count). The van der Waals surface area contributed by atoms with E-state index in [9.17, 15) is 0 Å². The first-order valence-corrected chi connectivity index (χ1v) is 19.5. The van der Waals surface area contributed by atoms with Crippen LogP contribution in [0.1, 0.15) is 79.0 Å². The lowest BCUT2D eigenvalue weighted by molar-refractivity contribution is 0.590. The minimum absolute atomic E-state index is 0.0188. The summed E-state index contributed by atoms with van der Waals surface area (Å²) in [6, 6.07) is 57.4. The quantitative estimate of drug-likeness (QED) is 0.160. The molecule has 268 valence electrons. The van der Waals surface area contributed by atoms with Crippen molar-refractivity contribution in [1.82, 2.24) is 0 Å². The van der Waals surface area contributed by atoms with Gasteiger partial charge in [-0.05, 0) is 116 Å². The largest absolute Gasteiger partial charge is 0.0622 e. The molecule has 0 N–H and O–H groups in total. The zero-order valence-corrected chi connectivity index (χ0v) is 33.4. The smallest absolute Gasteiger partial charge is 0.000139 e. The summed E-state index contributed by atoms with van der Waals surface area (Å²) in [7, 11) is 0. The molecule has 0 radical (unpaired) electrons. The van der Waals surface area contributed by atoms with Crippen LogP contribution in [0.15, 0.2) is 152 Å². The van der Waals surface area contributed by atoms with E-state index < -0.39 is 0 Å². The summed E-state index contributed by atoms with van der Waals surface area (Å²) in [5, 5.41) is 7.70. The molecule has 0 aliphatic carbocycles. The van der Waals surface area contributed by atoms with E-state index in [-0.39, 0.29) is 16.2 Å². The first-order chi connectivity index (χ1) is 25.7. The SMILES string of the molecule is CC(C)(C)c1ccc(-c2c3ccccc3c(-c3ccccc3)c3c(-c4ccc(C(C)(C)C)cc4)c4cc(C(C)(C)C)ccc4c(-c4ccccc4)c23)cc1. The van der Waals surface area contributed by atoms with Crippen LogP contribution >= 0.6 is 0 Å². The Kier molecular flexibility index (Phi) is 8.65. The fraction of sp³-hybridized carbons (Fsp3) is 0.222. The number of hydrogen-bond acceptors (Lipinski definition) is 0. The standard InChI is InChI=1S/C54H52/c1-52(2,3)39-28-24-37(25-29-39)48-43-23-17-16-22-42(43)46(35-18-12-10-13-19-35)51-49(38-26-30-40(31-27-38)53(4,5)6)45-34-41(54(7,8)9)32-33-44(45)47(50(48)51)36-20-14-11-15-21-36/h10-34H,1-9H3. The summed E-state index contributed by atoms with van der Waals surface area (Å²) < 4.78 is 0. The normalized spacial score (nSPS) is 12.5. The van der Waals surface area contributed by atoms with Crippen LogP contribution in [0.5, 0.6) is 0 Å². The van der Waals surface area contributed by atoms with E-state index >= 15 is 0 Å². The van der Waals surface area contributed by atoms with Crippen LogP contribution in [0.4, 0.5) is 0 Å². The highest BCUT2D eigenvalue weighted by molar-refractivity contribution is 6.33. The van der Waals surface area contributed by atoms with Gasteiger partial charge in [0.05, 0.1) is 0 Å². The van der Waals surface area contributed by atoms with Gasteiger partial charge < -0.3 is 0 Å². The molecule has 0 nitrogen and oxygen atoms in total. The van der Waals surface area contributed by atoms with Crippen LogP contribution < -0.4 is 0 Å². The van der Waals surface area contributed by atoms with E-state index in [1.165, 1.54) is 93.5 Å². The molecule has 0 unspecified atom stereocenters. The fourth-order valence-corrected chi connectivity index (χ4v) is 8.33. The van der Waals surface area contributed by atoms with Gasteiger partial charge in [0.2, 0.25) is 0 Å². The highest BCUT2D eigenvalue weighted by atomic mass is 14.3. The van der Waals surface area contributed by atoms with Gasteiger partial charge in [0, 0.05) is 0 Å². The molecule has 8 aromatic carbocycles. The summed E-state index contributed by atoms with van der Waals surface area (Å²) in [6.45, 7) is 20.8. The van der Waals surface area contributed by atoms with Crippen molar-refractivity contribution in [2.45, 2.75) is 78.6 Å². The van der Waals surface area contributed by atoms with Crippen molar-refractivity contribution in [3.63, 3.8) is 0 Å². The number of benzene rings is 8. The Bertz CT molecular complexity index is 2640. The predicted octanol–water partition coefficient (Wildman–Crippen LogP) is 15.7. The topological polar surface area (TPSA) is 0 Å². The summed E-state index contributed by atoms with van der Waals surface area (Å²) in [5.41, 5.74) is 14.2. The van der Waals surface area contributed by atoms with Gasteiger partial charge in [-0.1, -0.05) is 208 Å². The van der Waals surface area contributed by atoms with Gasteiger partial charge in [-0.2, -0.15) is 0 Å². The van der Waals surface area contributed by atoms with Gasteiger partial charge in [0.1, 0.15) is 0 Å². The lowest BCUT2D eigenvalue weighted by Crippen LogP contribution is -2.11. The molecule has 0 saturated heterocycles. The van der Waals surface area contributed by atoms with Crippen LogP contribution in [-0.2, 0) is 16.2 Å². The molecule has 0 fully saturated rings. The molecule has 0 aliphatic rings. The van der Waals surface area contributed by atoms with Gasteiger partial charge in [-0.25, -0.2) is 0 Å². The monoisotopic (exact) mass is 700 g/mol. The maximum absolute atomic E-state index is 2.50. The van der Waals surface area contributed by atoms with Crippen LogP contribution in [0.3, 0.4) is 0 Å². The molecular formula is C54H52. The predicted molar refractivity (Wildman–Crippen MR) is 237 cm³/mol. The van der Waals surface area contributed by atoms with E-state index in [0.29, 0.717) is 0 Å².